The molecule has 0 aliphatic carbocycles. The Bertz CT molecular complexity index is 1220. The summed E-state index contributed by atoms with van der Waals surface area (Å²) in [6, 6.07) is 5.08. The van der Waals surface area contributed by atoms with Crippen LogP contribution >= 0.6 is 0 Å². The number of likely N-dealkylation sites (tertiary alicyclic amines) is 1. The van der Waals surface area contributed by atoms with Crippen LogP contribution < -0.4 is 0 Å². The summed E-state index contributed by atoms with van der Waals surface area (Å²) in [7, 11) is -3.59. The van der Waals surface area contributed by atoms with Gasteiger partial charge in [-0.1, -0.05) is 0 Å². The summed E-state index contributed by atoms with van der Waals surface area (Å²) in [4.78, 5) is 29.2. The van der Waals surface area contributed by atoms with Crippen molar-refractivity contribution in [2.75, 3.05) is 25.4 Å². The van der Waals surface area contributed by atoms with Crippen molar-refractivity contribution in [2.24, 2.45) is 0 Å². The van der Waals surface area contributed by atoms with E-state index in [1.807, 2.05) is 0 Å². The highest BCUT2D eigenvalue weighted by Gasteiger charge is 2.33. The predicted octanol–water partition coefficient (Wildman–Crippen LogP) is 2.73. The van der Waals surface area contributed by atoms with Gasteiger partial charge in [-0.25, -0.2) is 17.2 Å². The van der Waals surface area contributed by atoms with Crippen LogP contribution in [-0.4, -0.2) is 76.4 Å². The van der Waals surface area contributed by atoms with E-state index in [0.29, 0.717) is 61.1 Å². The number of fused-ring (bicyclic) bond motifs is 3. The first kappa shape index (κ1) is 24.5. The van der Waals surface area contributed by atoms with E-state index in [4.69, 9.17) is 4.74 Å². The first-order valence-corrected chi connectivity index (χ1v) is 13.4. The number of amides is 2. The lowest BCUT2D eigenvalue weighted by Crippen LogP contribution is -2.40. The fourth-order valence-corrected chi connectivity index (χ4v) is 5.89. The second-order valence-electron chi connectivity index (χ2n) is 10.00. The van der Waals surface area contributed by atoms with E-state index in [1.165, 1.54) is 3.97 Å². The number of carbonyl (C=O) groups excluding carboxylic acids is 2. The third kappa shape index (κ3) is 4.65. The number of piperidine rings is 1. The van der Waals surface area contributed by atoms with Crippen LogP contribution in [0.4, 0.5) is 4.79 Å². The van der Waals surface area contributed by atoms with Gasteiger partial charge in [0.1, 0.15) is 5.60 Å². The molecule has 9 nitrogen and oxygen atoms in total. The van der Waals surface area contributed by atoms with Crippen LogP contribution in [0.1, 0.15) is 62.2 Å². The van der Waals surface area contributed by atoms with Crippen LogP contribution in [0.25, 0.3) is 10.9 Å². The van der Waals surface area contributed by atoms with Crippen LogP contribution in [0.5, 0.6) is 0 Å². The van der Waals surface area contributed by atoms with Gasteiger partial charge in [-0.05, 0) is 58.7 Å². The average molecular weight is 492 g/mol. The van der Waals surface area contributed by atoms with Crippen molar-refractivity contribution in [3.05, 3.63) is 35.0 Å². The third-order valence-corrected chi connectivity index (χ3v) is 8.10. The summed E-state index contributed by atoms with van der Waals surface area (Å²) in [5.74, 6) is -0.205. The minimum atomic E-state index is -3.59. The van der Waals surface area contributed by atoms with Gasteiger partial charge in [0.15, 0.2) is 0 Å². The zero-order chi connectivity index (χ0) is 24.8. The second kappa shape index (κ2) is 8.88. The van der Waals surface area contributed by atoms with Crippen molar-refractivity contribution < 1.29 is 27.9 Å². The lowest BCUT2D eigenvalue weighted by atomic mass is 10.0. The SMILES string of the molecule is CCS(=O)(=O)n1c2c(c3cc(C(=O)N4CCC(O)CC4)ccc31)CN(C(=O)OC(C)(C)C)CC2. The van der Waals surface area contributed by atoms with Crippen LogP contribution in [0, 0.1) is 0 Å². The quantitative estimate of drug-likeness (QED) is 0.707. The molecule has 0 radical (unpaired) electrons. The van der Waals surface area contributed by atoms with Gasteiger partial charge >= 0.3 is 6.09 Å². The van der Waals surface area contributed by atoms with Gasteiger partial charge in [0.25, 0.3) is 5.91 Å². The molecule has 2 aliphatic rings. The van der Waals surface area contributed by atoms with E-state index >= 15 is 0 Å². The number of carbonyl (C=O) groups is 2. The third-order valence-electron chi connectivity index (χ3n) is 6.39. The summed E-state index contributed by atoms with van der Waals surface area (Å²) in [5, 5.41) is 10.4. The summed E-state index contributed by atoms with van der Waals surface area (Å²) in [5.41, 5.74) is 1.73. The van der Waals surface area contributed by atoms with Crippen molar-refractivity contribution in [1.29, 1.82) is 0 Å². The number of hydrogen-bond acceptors (Lipinski definition) is 6. The van der Waals surface area contributed by atoms with E-state index in [1.54, 1.807) is 55.7 Å². The summed E-state index contributed by atoms with van der Waals surface area (Å²) < 4.78 is 32.9. The Morgan fingerprint density at radius 3 is 2.41 bits per heavy atom. The molecule has 186 valence electrons. The Morgan fingerprint density at radius 1 is 1.12 bits per heavy atom. The molecule has 1 aromatic heterocycles. The van der Waals surface area contributed by atoms with Crippen LogP contribution in [0.2, 0.25) is 0 Å². The highest BCUT2D eigenvalue weighted by atomic mass is 32.2. The van der Waals surface area contributed by atoms with E-state index in [2.05, 4.69) is 0 Å². The van der Waals surface area contributed by atoms with Crippen LogP contribution in [0.3, 0.4) is 0 Å². The van der Waals surface area contributed by atoms with Crippen molar-refractivity contribution in [2.45, 2.75) is 65.2 Å². The Hall–Kier alpha value is -2.59. The smallest absolute Gasteiger partial charge is 0.410 e. The molecule has 0 spiro atoms. The minimum Gasteiger partial charge on any atom is -0.444 e. The molecule has 4 rings (SSSR count). The monoisotopic (exact) mass is 491 g/mol. The molecule has 0 unspecified atom stereocenters. The number of benzene rings is 1. The van der Waals surface area contributed by atoms with Gasteiger partial charge in [-0.2, -0.15) is 0 Å². The molecule has 2 aliphatic heterocycles. The fourth-order valence-electron chi connectivity index (χ4n) is 4.63. The highest BCUT2D eigenvalue weighted by molar-refractivity contribution is 7.90. The predicted molar refractivity (Wildman–Crippen MR) is 128 cm³/mol. The number of rotatable bonds is 3. The van der Waals surface area contributed by atoms with Gasteiger partial charge in [-0.15, -0.1) is 0 Å². The maximum absolute atomic E-state index is 13.1. The van der Waals surface area contributed by atoms with Crippen LogP contribution in [0.15, 0.2) is 18.2 Å². The minimum absolute atomic E-state index is 0.0597. The molecular weight excluding hydrogens is 458 g/mol. The lowest BCUT2D eigenvalue weighted by Gasteiger charge is -2.30. The number of aliphatic hydroxyl groups excluding tert-OH is 1. The maximum atomic E-state index is 13.1. The number of ether oxygens (including phenoxy) is 1. The molecule has 2 aromatic rings. The Balaban J connectivity index is 1.76. The van der Waals surface area contributed by atoms with E-state index in [0.717, 1.165) is 5.56 Å². The van der Waals surface area contributed by atoms with Gasteiger partial charge in [-0.3, -0.25) is 4.79 Å². The van der Waals surface area contributed by atoms with Crippen LogP contribution in [-0.2, 0) is 27.7 Å². The number of aliphatic hydroxyl groups is 1. The molecule has 2 amide bonds. The van der Waals surface area contributed by atoms with Gasteiger partial charge in [0.2, 0.25) is 10.0 Å². The molecule has 10 heteroatoms. The standard InChI is InChI=1S/C24H33N3O6S/c1-5-34(31,32)27-20-7-6-16(22(29)25-11-8-17(28)9-12-25)14-18(20)19-15-26(13-10-21(19)27)23(30)33-24(2,3)4/h6-7,14,17,28H,5,8-13,15H2,1-4H3. The molecule has 0 saturated carbocycles. The van der Waals surface area contributed by atoms with Gasteiger partial charge in [0, 0.05) is 48.3 Å². The molecule has 3 heterocycles. The van der Waals surface area contributed by atoms with Crippen molar-refractivity contribution in [3.8, 4) is 0 Å². The Morgan fingerprint density at radius 2 is 1.79 bits per heavy atom. The summed E-state index contributed by atoms with van der Waals surface area (Å²) in [6.07, 6.45) is 0.622. The lowest BCUT2D eigenvalue weighted by molar-refractivity contribution is 0.0224. The molecule has 34 heavy (non-hydrogen) atoms. The van der Waals surface area contributed by atoms with Gasteiger partial charge < -0.3 is 19.6 Å². The number of nitrogens with zero attached hydrogens (tertiary/aromatic N) is 3. The fraction of sp³-hybridized carbons (Fsp3) is 0.583. The molecule has 1 N–H and O–H groups in total. The molecule has 1 saturated heterocycles. The zero-order valence-corrected chi connectivity index (χ0v) is 21.0. The number of aromatic nitrogens is 1. The van der Waals surface area contributed by atoms with E-state index in [-0.39, 0.29) is 24.3 Å². The highest BCUT2D eigenvalue weighted by Crippen LogP contribution is 2.34. The molecule has 0 atom stereocenters. The largest absolute Gasteiger partial charge is 0.444 e. The average Bonchev–Trinajstić information content (AvgIpc) is 3.11. The first-order valence-electron chi connectivity index (χ1n) is 11.8. The summed E-state index contributed by atoms with van der Waals surface area (Å²) in [6.45, 7) is 8.53. The normalized spacial score (nSPS) is 17.7. The van der Waals surface area contributed by atoms with Crippen molar-refractivity contribution in [1.82, 2.24) is 13.8 Å². The first-order chi connectivity index (χ1) is 15.9. The second-order valence-corrected chi connectivity index (χ2v) is 12.1. The van der Waals surface area contributed by atoms with Crippen molar-refractivity contribution >= 4 is 32.9 Å². The van der Waals surface area contributed by atoms with Gasteiger partial charge in [0.05, 0.1) is 23.9 Å². The molecule has 1 aromatic carbocycles. The maximum Gasteiger partial charge on any atom is 0.410 e. The molecular formula is C24H33N3O6S. The Kier molecular flexibility index (Phi) is 6.41. The number of hydrogen-bond donors (Lipinski definition) is 1. The molecule has 1 fully saturated rings. The van der Waals surface area contributed by atoms with E-state index < -0.39 is 21.7 Å². The molecule has 0 bridgehead atoms. The Labute approximate surface area is 200 Å². The zero-order valence-electron chi connectivity index (χ0n) is 20.2. The topological polar surface area (TPSA) is 109 Å². The summed E-state index contributed by atoms with van der Waals surface area (Å²) >= 11 is 0. The van der Waals surface area contributed by atoms with E-state index in [9.17, 15) is 23.1 Å². The van der Waals surface area contributed by atoms with Crippen molar-refractivity contribution in [3.63, 3.8) is 0 Å².